The van der Waals surface area contributed by atoms with Gasteiger partial charge in [-0.15, -0.1) is 11.3 Å². The third kappa shape index (κ3) is 5.74. The van der Waals surface area contributed by atoms with Gasteiger partial charge in [-0.25, -0.2) is 9.98 Å². The van der Waals surface area contributed by atoms with Crippen molar-refractivity contribution >= 4 is 17.3 Å². The molecule has 5 nitrogen and oxygen atoms in total. The summed E-state index contributed by atoms with van der Waals surface area (Å²) in [5.74, 6) is 2.17. The number of aliphatic imine (C=N–C) groups is 1. The SMILES string of the molecule is CCNC(=NCc1ccc(OC)c(C)c1)NCc1nc(C(C)C)cs1. The molecule has 1 aromatic carbocycles. The quantitative estimate of drug-likeness (QED) is 0.582. The second-order valence-electron chi connectivity index (χ2n) is 6.17. The van der Waals surface area contributed by atoms with Crippen LogP contribution in [0.5, 0.6) is 5.75 Å². The molecule has 0 aliphatic rings. The number of thiazole rings is 1. The van der Waals surface area contributed by atoms with Crippen molar-refractivity contribution in [3.05, 3.63) is 45.4 Å². The van der Waals surface area contributed by atoms with E-state index >= 15 is 0 Å². The summed E-state index contributed by atoms with van der Waals surface area (Å²) in [6.07, 6.45) is 0. The van der Waals surface area contributed by atoms with E-state index < -0.39 is 0 Å². The molecule has 6 heteroatoms. The van der Waals surface area contributed by atoms with E-state index in [2.05, 4.69) is 58.9 Å². The zero-order valence-electron chi connectivity index (χ0n) is 15.7. The highest BCUT2D eigenvalue weighted by Gasteiger charge is 2.06. The first kappa shape index (κ1) is 19.2. The molecule has 2 N–H and O–H groups in total. The number of hydrogen-bond acceptors (Lipinski definition) is 4. The Labute approximate surface area is 154 Å². The minimum Gasteiger partial charge on any atom is -0.496 e. The van der Waals surface area contributed by atoms with E-state index in [1.807, 2.05) is 13.0 Å². The van der Waals surface area contributed by atoms with Crippen LogP contribution in [0.2, 0.25) is 0 Å². The van der Waals surface area contributed by atoms with Crippen LogP contribution in [0.3, 0.4) is 0 Å². The van der Waals surface area contributed by atoms with Crippen molar-refractivity contribution in [1.29, 1.82) is 0 Å². The first-order valence-corrected chi connectivity index (χ1v) is 9.51. The van der Waals surface area contributed by atoms with E-state index in [0.717, 1.165) is 40.1 Å². The van der Waals surface area contributed by atoms with Gasteiger partial charge in [-0.2, -0.15) is 0 Å². The van der Waals surface area contributed by atoms with E-state index in [-0.39, 0.29) is 0 Å². The van der Waals surface area contributed by atoms with E-state index in [1.54, 1.807) is 18.4 Å². The van der Waals surface area contributed by atoms with Crippen LogP contribution < -0.4 is 15.4 Å². The first-order valence-electron chi connectivity index (χ1n) is 8.63. The molecule has 0 radical (unpaired) electrons. The van der Waals surface area contributed by atoms with Gasteiger partial charge in [0.2, 0.25) is 0 Å². The average molecular weight is 361 g/mol. The van der Waals surface area contributed by atoms with Gasteiger partial charge >= 0.3 is 0 Å². The lowest BCUT2D eigenvalue weighted by Gasteiger charge is -2.11. The third-order valence-electron chi connectivity index (χ3n) is 3.79. The van der Waals surface area contributed by atoms with Gasteiger partial charge in [-0.05, 0) is 37.0 Å². The molecule has 0 atom stereocenters. The molecule has 0 saturated heterocycles. The molecule has 0 saturated carbocycles. The number of guanidine groups is 1. The molecule has 25 heavy (non-hydrogen) atoms. The van der Waals surface area contributed by atoms with Crippen molar-refractivity contribution in [2.24, 2.45) is 4.99 Å². The highest BCUT2D eigenvalue weighted by molar-refractivity contribution is 7.09. The predicted molar refractivity (Wildman–Crippen MR) is 106 cm³/mol. The zero-order valence-corrected chi connectivity index (χ0v) is 16.5. The Morgan fingerprint density at radius 2 is 2.12 bits per heavy atom. The Bertz CT molecular complexity index is 709. The number of ether oxygens (including phenoxy) is 1. The monoisotopic (exact) mass is 360 g/mol. The maximum absolute atomic E-state index is 5.30. The summed E-state index contributed by atoms with van der Waals surface area (Å²) in [6.45, 7) is 10.6. The van der Waals surface area contributed by atoms with Crippen molar-refractivity contribution in [2.45, 2.75) is 46.7 Å². The third-order valence-corrected chi connectivity index (χ3v) is 4.66. The predicted octanol–water partition coefficient (Wildman–Crippen LogP) is 3.84. The molecule has 2 rings (SSSR count). The van der Waals surface area contributed by atoms with Crippen LogP contribution >= 0.6 is 11.3 Å². The molecule has 0 unspecified atom stereocenters. The van der Waals surface area contributed by atoms with Gasteiger partial charge < -0.3 is 15.4 Å². The second kappa shape index (κ2) is 9.42. The molecule has 0 aliphatic heterocycles. The van der Waals surface area contributed by atoms with E-state index in [9.17, 15) is 0 Å². The minimum atomic E-state index is 0.463. The fraction of sp³-hybridized carbons (Fsp3) is 0.474. The fourth-order valence-corrected chi connectivity index (χ4v) is 3.28. The normalized spacial score (nSPS) is 11.7. The Kier molecular flexibility index (Phi) is 7.25. The summed E-state index contributed by atoms with van der Waals surface area (Å²) in [5.41, 5.74) is 3.43. The number of nitrogens with zero attached hydrogens (tertiary/aromatic N) is 2. The highest BCUT2D eigenvalue weighted by atomic mass is 32.1. The van der Waals surface area contributed by atoms with Crippen molar-refractivity contribution in [3.63, 3.8) is 0 Å². The summed E-state index contributed by atoms with van der Waals surface area (Å²) in [6, 6.07) is 6.15. The number of rotatable bonds is 7. The Morgan fingerprint density at radius 3 is 2.72 bits per heavy atom. The molecule has 1 heterocycles. The highest BCUT2D eigenvalue weighted by Crippen LogP contribution is 2.19. The van der Waals surface area contributed by atoms with Crippen molar-refractivity contribution in [1.82, 2.24) is 15.6 Å². The van der Waals surface area contributed by atoms with Gasteiger partial charge in [0.25, 0.3) is 0 Å². The van der Waals surface area contributed by atoms with Gasteiger partial charge in [0.05, 0.1) is 25.9 Å². The smallest absolute Gasteiger partial charge is 0.191 e. The van der Waals surface area contributed by atoms with Gasteiger partial charge in [-0.3, -0.25) is 0 Å². The Hall–Kier alpha value is -2.08. The van der Waals surface area contributed by atoms with E-state index in [4.69, 9.17) is 4.74 Å². The lowest BCUT2D eigenvalue weighted by molar-refractivity contribution is 0.411. The van der Waals surface area contributed by atoms with Gasteiger partial charge in [0.15, 0.2) is 5.96 Å². The van der Waals surface area contributed by atoms with Crippen LogP contribution in [0.25, 0.3) is 0 Å². The minimum absolute atomic E-state index is 0.463. The van der Waals surface area contributed by atoms with Crippen molar-refractivity contribution in [3.8, 4) is 5.75 Å². The molecule has 0 amide bonds. The lowest BCUT2D eigenvalue weighted by Crippen LogP contribution is -2.36. The van der Waals surface area contributed by atoms with Crippen LogP contribution in [0, 0.1) is 6.92 Å². The van der Waals surface area contributed by atoms with Crippen molar-refractivity contribution < 1.29 is 4.74 Å². The Balaban J connectivity index is 1.98. The molecule has 0 bridgehead atoms. The second-order valence-corrected chi connectivity index (χ2v) is 7.12. The van der Waals surface area contributed by atoms with Crippen LogP contribution in [-0.4, -0.2) is 24.6 Å². The molecule has 0 spiro atoms. The topological polar surface area (TPSA) is 58.5 Å². The molecular formula is C19H28N4OS. The number of benzene rings is 1. The summed E-state index contributed by atoms with van der Waals surface area (Å²) in [7, 11) is 1.69. The average Bonchev–Trinajstić information content (AvgIpc) is 3.07. The van der Waals surface area contributed by atoms with Gasteiger partial charge in [0.1, 0.15) is 10.8 Å². The first-order chi connectivity index (χ1) is 12.0. The fourth-order valence-electron chi connectivity index (χ4n) is 2.38. The maximum atomic E-state index is 5.30. The van der Waals surface area contributed by atoms with Gasteiger partial charge in [0, 0.05) is 11.9 Å². The molecule has 136 valence electrons. The molecule has 1 aromatic heterocycles. The van der Waals surface area contributed by atoms with Crippen LogP contribution in [0.15, 0.2) is 28.6 Å². The number of methoxy groups -OCH3 is 1. The largest absolute Gasteiger partial charge is 0.496 e. The Morgan fingerprint density at radius 1 is 1.32 bits per heavy atom. The number of aromatic nitrogens is 1. The zero-order chi connectivity index (χ0) is 18.2. The molecular weight excluding hydrogens is 332 g/mol. The van der Waals surface area contributed by atoms with Gasteiger partial charge in [-0.1, -0.05) is 26.0 Å². The van der Waals surface area contributed by atoms with Crippen LogP contribution in [0.4, 0.5) is 0 Å². The molecule has 2 aromatic rings. The maximum Gasteiger partial charge on any atom is 0.191 e. The number of nitrogens with one attached hydrogen (secondary N) is 2. The van der Waals surface area contributed by atoms with Crippen LogP contribution in [-0.2, 0) is 13.1 Å². The molecule has 0 fully saturated rings. The van der Waals surface area contributed by atoms with Crippen molar-refractivity contribution in [2.75, 3.05) is 13.7 Å². The lowest BCUT2D eigenvalue weighted by atomic mass is 10.1. The standard InChI is InChI=1S/C19H28N4OS/c1-6-20-19(22-11-18-23-16(12-25-18)13(2)3)21-10-15-7-8-17(24-5)14(4)9-15/h7-9,12-13H,6,10-11H2,1-5H3,(H2,20,21,22). The van der Waals surface area contributed by atoms with E-state index in [1.165, 1.54) is 0 Å². The molecule has 0 aliphatic carbocycles. The summed E-state index contributed by atoms with van der Waals surface area (Å²) in [4.78, 5) is 9.32. The number of hydrogen-bond donors (Lipinski definition) is 2. The summed E-state index contributed by atoms with van der Waals surface area (Å²) in [5, 5.41) is 9.85. The number of aryl methyl sites for hydroxylation is 1. The summed E-state index contributed by atoms with van der Waals surface area (Å²) < 4.78 is 5.30. The van der Waals surface area contributed by atoms with E-state index in [0.29, 0.717) is 19.0 Å². The van der Waals surface area contributed by atoms with Crippen LogP contribution in [0.1, 0.15) is 48.5 Å². The summed E-state index contributed by atoms with van der Waals surface area (Å²) >= 11 is 1.69.